The summed E-state index contributed by atoms with van der Waals surface area (Å²) in [6, 6.07) is 9.77. The molecule has 10 heteroatoms. The molecule has 4 heterocycles. The van der Waals surface area contributed by atoms with Gasteiger partial charge in [-0.05, 0) is 64.7 Å². The minimum atomic E-state index is -2.11. The van der Waals surface area contributed by atoms with Crippen molar-refractivity contribution < 1.29 is 37.6 Å². The molecule has 4 fully saturated rings. The number of benzene rings is 1. The molecule has 0 aliphatic carbocycles. The first-order chi connectivity index (χ1) is 19.4. The molecule has 4 aliphatic heterocycles. The summed E-state index contributed by atoms with van der Waals surface area (Å²) in [7, 11) is -2.11. The molecular formula is C32H51NO8Si. The van der Waals surface area contributed by atoms with Gasteiger partial charge in [-0.3, -0.25) is 4.90 Å². The standard InChI is InChI=1S/C32H51NO8Si/c1-30(2,3)40-29(34)33-17-21(41-42(9,10)31(4,5)6)16-22(33)25-24-26(39-32(7,8)38-25)23-19-36-28(37-23)27(24)35-18-20-14-12-11-13-15-20/h11-15,21-28H,16-19H2,1-10H3/t21-,22+,23-,24+,25+,26+,27-,28-/m1/s1. The van der Waals surface area contributed by atoms with E-state index < -0.39 is 38.2 Å². The number of hydrogen-bond donors (Lipinski definition) is 0. The van der Waals surface area contributed by atoms with Crippen molar-refractivity contribution in [1.29, 1.82) is 0 Å². The predicted molar refractivity (Wildman–Crippen MR) is 160 cm³/mol. The molecule has 0 unspecified atom stereocenters. The Morgan fingerprint density at radius 1 is 1.05 bits per heavy atom. The summed E-state index contributed by atoms with van der Waals surface area (Å²) >= 11 is 0. The van der Waals surface area contributed by atoms with Gasteiger partial charge in [0.2, 0.25) is 0 Å². The maximum atomic E-state index is 13.8. The second-order valence-electron chi connectivity index (χ2n) is 15.2. The molecule has 0 spiro atoms. The third-order valence-corrected chi connectivity index (χ3v) is 13.7. The van der Waals surface area contributed by atoms with Crippen LogP contribution in [-0.4, -0.2) is 86.7 Å². The fourth-order valence-corrected chi connectivity index (χ4v) is 7.69. The zero-order valence-corrected chi connectivity index (χ0v) is 28.0. The molecule has 1 aromatic rings. The number of nitrogens with zero attached hydrogens (tertiary/aromatic N) is 1. The molecule has 0 aromatic heterocycles. The Balaban J connectivity index is 1.48. The smallest absolute Gasteiger partial charge is 0.410 e. The van der Waals surface area contributed by atoms with E-state index in [9.17, 15) is 4.79 Å². The maximum absolute atomic E-state index is 13.8. The van der Waals surface area contributed by atoms with Crippen LogP contribution in [0.4, 0.5) is 4.79 Å². The average Bonchev–Trinajstić information content (AvgIpc) is 3.48. The summed E-state index contributed by atoms with van der Waals surface area (Å²) in [5, 5.41) is 0.0394. The SMILES string of the molecule is CC(C)(C)OC(=O)N1C[C@H](O[Si](C)(C)C(C)(C)C)C[C@H]1[C@@H]1OC(C)(C)O[C@@H]2[C@H]1[C@@H](OCc1ccccc1)[C@@H]1OC[C@H]2O1. The highest BCUT2D eigenvalue weighted by Gasteiger charge is 2.62. The van der Waals surface area contributed by atoms with Crippen molar-refractivity contribution in [2.24, 2.45) is 5.92 Å². The molecular weight excluding hydrogens is 554 g/mol. The Morgan fingerprint density at radius 2 is 1.71 bits per heavy atom. The minimum Gasteiger partial charge on any atom is -0.444 e. The number of hydrogen-bond acceptors (Lipinski definition) is 8. The van der Waals surface area contributed by atoms with E-state index in [1.54, 1.807) is 0 Å². The minimum absolute atomic E-state index is 0.0394. The van der Waals surface area contributed by atoms with Crippen LogP contribution in [0.3, 0.4) is 0 Å². The van der Waals surface area contributed by atoms with Crippen molar-refractivity contribution in [1.82, 2.24) is 4.90 Å². The second kappa shape index (κ2) is 11.4. The van der Waals surface area contributed by atoms with Gasteiger partial charge in [0.1, 0.15) is 17.8 Å². The first-order valence-corrected chi connectivity index (χ1v) is 18.3. The summed E-state index contributed by atoms with van der Waals surface area (Å²) in [5.74, 6) is -1.12. The lowest BCUT2D eigenvalue weighted by Crippen LogP contribution is -2.67. The number of likely N-dealkylation sites (tertiary alicyclic amines) is 1. The second-order valence-corrected chi connectivity index (χ2v) is 20.0. The Labute approximate surface area is 252 Å². The molecule has 42 heavy (non-hydrogen) atoms. The monoisotopic (exact) mass is 605 g/mol. The average molecular weight is 606 g/mol. The number of fused-ring (bicyclic) bond motifs is 4. The van der Waals surface area contributed by atoms with Gasteiger partial charge in [-0.25, -0.2) is 4.79 Å². The third kappa shape index (κ3) is 6.75. The number of carbonyl (C=O) groups is 1. The lowest BCUT2D eigenvalue weighted by molar-refractivity contribution is -0.375. The lowest BCUT2D eigenvalue weighted by Gasteiger charge is -2.53. The molecule has 5 rings (SSSR count). The first-order valence-electron chi connectivity index (χ1n) is 15.4. The molecule has 0 N–H and O–H groups in total. The van der Waals surface area contributed by atoms with Crippen molar-refractivity contribution in [2.45, 2.75) is 141 Å². The molecule has 8 atom stereocenters. The van der Waals surface area contributed by atoms with E-state index in [4.69, 9.17) is 32.8 Å². The molecule has 0 radical (unpaired) electrons. The highest BCUT2D eigenvalue weighted by atomic mass is 28.4. The van der Waals surface area contributed by atoms with Crippen LogP contribution in [-0.2, 0) is 39.5 Å². The van der Waals surface area contributed by atoms with Gasteiger partial charge >= 0.3 is 6.09 Å². The highest BCUT2D eigenvalue weighted by Crippen LogP contribution is 2.48. The van der Waals surface area contributed by atoms with E-state index in [2.05, 4.69) is 33.9 Å². The van der Waals surface area contributed by atoms with Gasteiger partial charge in [-0.2, -0.15) is 0 Å². The molecule has 236 valence electrons. The molecule has 1 aromatic carbocycles. The summed E-state index contributed by atoms with van der Waals surface area (Å²) in [4.78, 5) is 15.6. The normalized spacial score (nSPS) is 34.8. The van der Waals surface area contributed by atoms with E-state index in [1.165, 1.54) is 0 Å². The van der Waals surface area contributed by atoms with E-state index in [0.29, 0.717) is 26.2 Å². The van der Waals surface area contributed by atoms with Gasteiger partial charge in [0.15, 0.2) is 20.4 Å². The highest BCUT2D eigenvalue weighted by molar-refractivity contribution is 6.74. The van der Waals surface area contributed by atoms with Crippen LogP contribution < -0.4 is 0 Å². The van der Waals surface area contributed by atoms with Crippen molar-refractivity contribution in [3.05, 3.63) is 35.9 Å². The molecule has 4 saturated heterocycles. The summed E-state index contributed by atoms with van der Waals surface area (Å²) in [6.07, 6.45) is -1.80. The van der Waals surface area contributed by atoms with Crippen molar-refractivity contribution in [3.8, 4) is 0 Å². The van der Waals surface area contributed by atoms with E-state index in [-0.39, 0.29) is 41.4 Å². The fourth-order valence-electron chi connectivity index (χ4n) is 6.33. The predicted octanol–water partition coefficient (Wildman–Crippen LogP) is 5.86. The van der Waals surface area contributed by atoms with Gasteiger partial charge in [0.25, 0.3) is 0 Å². The van der Waals surface area contributed by atoms with E-state index >= 15 is 0 Å². The van der Waals surface area contributed by atoms with Gasteiger partial charge in [-0.1, -0.05) is 51.1 Å². The molecule has 2 bridgehead atoms. The number of ether oxygens (including phenoxy) is 6. The summed E-state index contributed by atoms with van der Waals surface area (Å²) in [5.41, 5.74) is 0.425. The quantitative estimate of drug-likeness (QED) is 0.373. The Kier molecular flexibility index (Phi) is 8.68. The lowest BCUT2D eigenvalue weighted by atomic mass is 9.80. The van der Waals surface area contributed by atoms with Crippen LogP contribution in [0, 0.1) is 5.92 Å². The molecule has 4 aliphatic rings. The zero-order valence-electron chi connectivity index (χ0n) is 27.0. The Bertz CT molecular complexity index is 1100. The van der Waals surface area contributed by atoms with Crippen LogP contribution in [0.5, 0.6) is 0 Å². The zero-order chi connectivity index (χ0) is 30.7. The van der Waals surface area contributed by atoms with Gasteiger partial charge in [0, 0.05) is 12.5 Å². The van der Waals surface area contributed by atoms with Crippen LogP contribution in [0.2, 0.25) is 18.1 Å². The van der Waals surface area contributed by atoms with E-state index in [1.807, 2.05) is 69.9 Å². The van der Waals surface area contributed by atoms with Crippen LogP contribution in [0.15, 0.2) is 30.3 Å². The number of carbonyl (C=O) groups excluding carboxylic acids is 1. The largest absolute Gasteiger partial charge is 0.444 e. The van der Waals surface area contributed by atoms with E-state index in [0.717, 1.165) is 5.56 Å². The summed E-state index contributed by atoms with van der Waals surface area (Å²) < 4.78 is 45.1. The maximum Gasteiger partial charge on any atom is 0.410 e. The third-order valence-electron chi connectivity index (χ3n) is 9.21. The van der Waals surface area contributed by atoms with Crippen LogP contribution in [0.25, 0.3) is 0 Å². The van der Waals surface area contributed by atoms with Crippen LogP contribution in [0.1, 0.15) is 67.4 Å². The summed E-state index contributed by atoms with van der Waals surface area (Å²) in [6.45, 7) is 22.0. The van der Waals surface area contributed by atoms with Gasteiger partial charge in [-0.15, -0.1) is 0 Å². The Hall–Kier alpha value is -1.53. The molecule has 0 saturated carbocycles. The first kappa shape index (κ1) is 31.9. The topological polar surface area (TPSA) is 84.9 Å². The fraction of sp³-hybridized carbons (Fsp3) is 0.781. The number of rotatable bonds is 6. The molecule has 1 amide bonds. The van der Waals surface area contributed by atoms with Crippen molar-refractivity contribution >= 4 is 14.4 Å². The Morgan fingerprint density at radius 3 is 2.36 bits per heavy atom. The van der Waals surface area contributed by atoms with Crippen LogP contribution >= 0.6 is 0 Å². The van der Waals surface area contributed by atoms with Gasteiger partial charge in [0.05, 0.1) is 37.6 Å². The van der Waals surface area contributed by atoms with Crippen molar-refractivity contribution in [2.75, 3.05) is 13.2 Å². The molecule has 9 nitrogen and oxygen atoms in total. The van der Waals surface area contributed by atoms with Crippen molar-refractivity contribution in [3.63, 3.8) is 0 Å². The number of amides is 1. The van der Waals surface area contributed by atoms with Gasteiger partial charge < -0.3 is 32.8 Å².